The normalized spacial score (nSPS) is 11.2. The number of aromatic nitrogens is 1. The van der Waals surface area contributed by atoms with Gasteiger partial charge in [0.05, 0.1) is 12.1 Å². The Morgan fingerprint density at radius 1 is 1.10 bits per heavy atom. The minimum absolute atomic E-state index is 0.513. The fraction of sp³-hybridized carbons (Fsp3) is 0.389. The van der Waals surface area contributed by atoms with Crippen LogP contribution in [0.15, 0.2) is 36.5 Å². The van der Waals surface area contributed by atoms with Gasteiger partial charge in [0.1, 0.15) is 0 Å². The maximum absolute atomic E-state index is 4.43. The molecule has 0 fully saturated rings. The van der Waals surface area contributed by atoms with Gasteiger partial charge in [-0.2, -0.15) is 0 Å². The number of para-hydroxylation sites is 1. The van der Waals surface area contributed by atoms with Gasteiger partial charge in [0, 0.05) is 29.2 Å². The first-order valence-electron chi connectivity index (χ1n) is 7.17. The maximum atomic E-state index is 4.43. The van der Waals surface area contributed by atoms with E-state index in [2.05, 4.69) is 61.6 Å². The molecule has 2 rings (SSSR count). The van der Waals surface area contributed by atoms with Crippen LogP contribution in [0.4, 0.5) is 0 Å². The van der Waals surface area contributed by atoms with Crippen molar-refractivity contribution in [1.82, 2.24) is 9.88 Å². The van der Waals surface area contributed by atoms with Crippen LogP contribution in [0.1, 0.15) is 33.3 Å². The zero-order valence-electron chi connectivity index (χ0n) is 12.7. The first kappa shape index (κ1) is 14.6. The number of pyridine rings is 1. The summed E-state index contributed by atoms with van der Waals surface area (Å²) in [5.74, 6) is 6.49. The lowest BCUT2D eigenvalue weighted by Crippen LogP contribution is -2.37. The summed E-state index contributed by atoms with van der Waals surface area (Å²) in [6.07, 6.45) is 1.85. The maximum Gasteiger partial charge on any atom is 0.0702 e. The molecule has 0 N–H and O–H groups in total. The number of hydrogen-bond acceptors (Lipinski definition) is 2. The van der Waals surface area contributed by atoms with Gasteiger partial charge in [-0.15, -0.1) is 0 Å². The molecule has 20 heavy (non-hydrogen) atoms. The monoisotopic (exact) mass is 266 g/mol. The minimum Gasteiger partial charge on any atom is -0.287 e. The van der Waals surface area contributed by atoms with Crippen LogP contribution in [-0.4, -0.2) is 28.5 Å². The second-order valence-electron chi connectivity index (χ2n) is 5.58. The van der Waals surface area contributed by atoms with Gasteiger partial charge in [0.2, 0.25) is 0 Å². The van der Waals surface area contributed by atoms with Crippen LogP contribution in [0.2, 0.25) is 0 Å². The van der Waals surface area contributed by atoms with Crippen LogP contribution in [-0.2, 0) is 0 Å². The lowest BCUT2D eigenvalue weighted by Gasteiger charge is -2.28. The summed E-state index contributed by atoms with van der Waals surface area (Å²) in [5, 5.41) is 1.14. The molecule has 0 spiro atoms. The average molecular weight is 266 g/mol. The number of benzene rings is 1. The number of rotatable bonds is 3. The lowest BCUT2D eigenvalue weighted by atomic mass is 10.1. The van der Waals surface area contributed by atoms with E-state index in [0.717, 1.165) is 23.0 Å². The fourth-order valence-electron chi connectivity index (χ4n) is 2.33. The van der Waals surface area contributed by atoms with Crippen molar-refractivity contribution in [3.63, 3.8) is 0 Å². The molecule has 1 aromatic carbocycles. The van der Waals surface area contributed by atoms with Crippen molar-refractivity contribution in [3.05, 3.63) is 42.1 Å². The molecular weight excluding hydrogens is 244 g/mol. The van der Waals surface area contributed by atoms with Crippen molar-refractivity contribution in [2.75, 3.05) is 6.54 Å². The predicted octanol–water partition coefficient (Wildman–Crippen LogP) is 3.71. The Morgan fingerprint density at radius 3 is 2.50 bits per heavy atom. The summed E-state index contributed by atoms with van der Waals surface area (Å²) in [6.45, 7) is 9.62. The quantitative estimate of drug-likeness (QED) is 0.787. The molecule has 1 heterocycles. The summed E-state index contributed by atoms with van der Waals surface area (Å²) in [4.78, 5) is 6.81. The third-order valence-corrected chi connectivity index (χ3v) is 3.41. The topological polar surface area (TPSA) is 16.1 Å². The van der Waals surface area contributed by atoms with Gasteiger partial charge in [0.25, 0.3) is 0 Å². The van der Waals surface area contributed by atoms with E-state index in [4.69, 9.17) is 0 Å². The molecule has 0 aliphatic carbocycles. The number of hydrogen-bond donors (Lipinski definition) is 0. The third-order valence-electron chi connectivity index (χ3n) is 3.41. The average Bonchev–Trinajstić information content (AvgIpc) is 2.42. The number of nitrogens with zero attached hydrogens (tertiary/aromatic N) is 2. The molecule has 0 aliphatic heterocycles. The zero-order chi connectivity index (χ0) is 14.5. The van der Waals surface area contributed by atoms with Crippen LogP contribution < -0.4 is 0 Å². The molecule has 2 heteroatoms. The zero-order valence-corrected chi connectivity index (χ0v) is 12.7. The fourth-order valence-corrected chi connectivity index (χ4v) is 2.33. The van der Waals surface area contributed by atoms with E-state index in [1.807, 2.05) is 24.4 Å². The third kappa shape index (κ3) is 3.59. The van der Waals surface area contributed by atoms with Crippen molar-refractivity contribution >= 4 is 10.9 Å². The van der Waals surface area contributed by atoms with E-state index in [0.29, 0.717) is 12.1 Å². The first-order valence-corrected chi connectivity index (χ1v) is 7.17. The minimum atomic E-state index is 0.513. The van der Waals surface area contributed by atoms with E-state index < -0.39 is 0 Å². The molecule has 104 valence electrons. The Kier molecular flexibility index (Phi) is 4.76. The molecule has 0 amide bonds. The molecule has 2 nitrogen and oxygen atoms in total. The molecule has 0 atom stereocenters. The van der Waals surface area contributed by atoms with Crippen LogP contribution in [0.3, 0.4) is 0 Å². The van der Waals surface area contributed by atoms with E-state index in [1.54, 1.807) is 0 Å². The van der Waals surface area contributed by atoms with Crippen molar-refractivity contribution < 1.29 is 0 Å². The van der Waals surface area contributed by atoms with Crippen LogP contribution in [0, 0.1) is 11.8 Å². The summed E-state index contributed by atoms with van der Waals surface area (Å²) < 4.78 is 0. The largest absolute Gasteiger partial charge is 0.287 e. The Labute approximate surface area is 121 Å². The summed E-state index contributed by atoms with van der Waals surface area (Å²) in [7, 11) is 0. The van der Waals surface area contributed by atoms with Crippen LogP contribution in [0.25, 0.3) is 10.9 Å². The van der Waals surface area contributed by atoms with Gasteiger partial charge in [-0.1, -0.05) is 30.0 Å². The van der Waals surface area contributed by atoms with Crippen LogP contribution >= 0.6 is 0 Å². The van der Waals surface area contributed by atoms with Crippen molar-refractivity contribution in [2.45, 2.75) is 39.8 Å². The molecule has 0 unspecified atom stereocenters. The molecule has 0 aliphatic rings. The molecule has 0 saturated carbocycles. The SMILES string of the molecule is CC(C)N(CC#Cc1cnc2ccccc2c1)C(C)C. The Hall–Kier alpha value is -1.85. The Morgan fingerprint density at radius 2 is 1.80 bits per heavy atom. The van der Waals surface area contributed by atoms with E-state index in [1.165, 1.54) is 0 Å². The van der Waals surface area contributed by atoms with Gasteiger partial charge in [-0.3, -0.25) is 9.88 Å². The summed E-state index contributed by atoms with van der Waals surface area (Å²) >= 11 is 0. The Balaban J connectivity index is 2.14. The van der Waals surface area contributed by atoms with Crippen LogP contribution in [0.5, 0.6) is 0 Å². The van der Waals surface area contributed by atoms with Gasteiger partial charge in [-0.05, 0) is 39.8 Å². The van der Waals surface area contributed by atoms with Crippen molar-refractivity contribution in [1.29, 1.82) is 0 Å². The van der Waals surface area contributed by atoms with E-state index >= 15 is 0 Å². The smallest absolute Gasteiger partial charge is 0.0702 e. The highest BCUT2D eigenvalue weighted by Crippen LogP contribution is 2.11. The second-order valence-corrected chi connectivity index (χ2v) is 5.58. The van der Waals surface area contributed by atoms with E-state index in [-0.39, 0.29) is 0 Å². The highest BCUT2D eigenvalue weighted by molar-refractivity contribution is 5.79. The highest BCUT2D eigenvalue weighted by Gasteiger charge is 2.10. The van der Waals surface area contributed by atoms with Gasteiger partial charge >= 0.3 is 0 Å². The molecule has 0 radical (unpaired) electrons. The molecule has 0 bridgehead atoms. The summed E-state index contributed by atoms with van der Waals surface area (Å²) in [5.41, 5.74) is 2.00. The van der Waals surface area contributed by atoms with Crippen molar-refractivity contribution in [3.8, 4) is 11.8 Å². The second kappa shape index (κ2) is 6.54. The molecular formula is C18H22N2. The van der Waals surface area contributed by atoms with Crippen molar-refractivity contribution in [2.24, 2.45) is 0 Å². The van der Waals surface area contributed by atoms with Gasteiger partial charge < -0.3 is 0 Å². The molecule has 1 aromatic heterocycles. The molecule has 2 aromatic rings. The Bertz CT molecular complexity index is 624. The lowest BCUT2D eigenvalue weighted by molar-refractivity contribution is 0.200. The highest BCUT2D eigenvalue weighted by atomic mass is 15.2. The molecule has 0 saturated heterocycles. The van der Waals surface area contributed by atoms with Gasteiger partial charge in [-0.25, -0.2) is 0 Å². The van der Waals surface area contributed by atoms with E-state index in [9.17, 15) is 0 Å². The standard InChI is InChI=1S/C18H22N2/c1-14(2)20(15(3)4)11-7-8-16-12-17-9-5-6-10-18(17)19-13-16/h5-6,9-10,12-15H,11H2,1-4H3. The number of fused-ring (bicyclic) bond motifs is 1. The predicted molar refractivity (Wildman–Crippen MR) is 85.6 cm³/mol. The first-order chi connectivity index (χ1) is 9.58. The summed E-state index contributed by atoms with van der Waals surface area (Å²) in [6, 6.07) is 11.3. The van der Waals surface area contributed by atoms with Gasteiger partial charge in [0.15, 0.2) is 0 Å².